The van der Waals surface area contributed by atoms with Crippen molar-refractivity contribution in [1.29, 1.82) is 0 Å². The van der Waals surface area contributed by atoms with E-state index in [-0.39, 0.29) is 19.3 Å². The molecule has 2 aliphatic heterocycles. The van der Waals surface area contributed by atoms with Crippen LogP contribution in [0.3, 0.4) is 0 Å². The fourth-order valence-electron chi connectivity index (χ4n) is 3.76. The topological polar surface area (TPSA) is 76.2 Å². The number of carbonyl (C=O) groups excluding carboxylic acids is 3. The highest BCUT2D eigenvalue weighted by atomic mass is 16.7. The van der Waals surface area contributed by atoms with Crippen molar-refractivity contribution in [3.8, 4) is 0 Å². The second kappa shape index (κ2) is 12.9. The van der Waals surface area contributed by atoms with E-state index in [1.807, 2.05) is 0 Å². The predicted octanol–water partition coefficient (Wildman–Crippen LogP) is 4.84. The molecule has 0 radical (unpaired) electrons. The molecule has 2 amide bonds. The Morgan fingerprint density at radius 2 is 1.36 bits per heavy atom. The van der Waals surface area contributed by atoms with Crippen LogP contribution in [0.25, 0.3) is 0 Å². The summed E-state index contributed by atoms with van der Waals surface area (Å²) in [5.74, 6) is -1.33. The molecule has 28 heavy (non-hydrogen) atoms. The molecule has 2 saturated heterocycles. The van der Waals surface area contributed by atoms with Gasteiger partial charge in [-0.05, 0) is 19.3 Å². The Labute approximate surface area is 169 Å². The largest absolute Gasteiger partial charge is 0.370 e. The molecule has 2 aliphatic rings. The highest BCUT2D eigenvalue weighted by Crippen LogP contribution is 2.31. The average Bonchev–Trinajstić information content (AvgIpc) is 3.36. The van der Waals surface area contributed by atoms with Gasteiger partial charge in [-0.3, -0.25) is 9.59 Å². The van der Waals surface area contributed by atoms with Crippen molar-refractivity contribution in [3.63, 3.8) is 0 Å². The summed E-state index contributed by atoms with van der Waals surface area (Å²) < 4.78 is 5.76. The van der Waals surface area contributed by atoms with Crippen LogP contribution in [0.5, 0.6) is 0 Å². The maximum atomic E-state index is 11.7. The number of hydrogen-bond donors (Lipinski definition) is 0. The van der Waals surface area contributed by atoms with Crippen LogP contribution in [0.2, 0.25) is 0 Å². The van der Waals surface area contributed by atoms with Gasteiger partial charge in [-0.1, -0.05) is 71.1 Å². The molecule has 0 unspecified atom stereocenters. The second-order valence-corrected chi connectivity index (χ2v) is 8.12. The Bertz CT molecular complexity index is 491. The highest BCUT2D eigenvalue weighted by molar-refractivity contribution is 6.01. The van der Waals surface area contributed by atoms with Crippen LogP contribution in [0, 0.1) is 0 Å². The summed E-state index contributed by atoms with van der Waals surface area (Å²) in [6.45, 7) is 2.25. The first-order valence-electron chi connectivity index (χ1n) is 11.3. The van der Waals surface area contributed by atoms with E-state index in [4.69, 9.17) is 9.57 Å². The zero-order chi connectivity index (χ0) is 20.2. The Hall–Kier alpha value is -1.43. The normalized spacial score (nSPS) is 21.4. The molecule has 2 fully saturated rings. The van der Waals surface area contributed by atoms with Crippen LogP contribution < -0.4 is 0 Å². The summed E-state index contributed by atoms with van der Waals surface area (Å²) >= 11 is 0. The molecule has 0 aliphatic carbocycles. The molecule has 0 spiro atoms. The monoisotopic (exact) mass is 395 g/mol. The Morgan fingerprint density at radius 3 is 1.93 bits per heavy atom. The fraction of sp³-hybridized carbons (Fsp3) is 0.864. The molecule has 0 aromatic heterocycles. The van der Waals surface area contributed by atoms with Crippen molar-refractivity contribution >= 4 is 17.8 Å². The van der Waals surface area contributed by atoms with Crippen molar-refractivity contribution in [2.45, 2.75) is 122 Å². The number of amides is 2. The SMILES string of the molecule is CCCCCCCC[C@@H]1O[C@@H]1CCCCCCCC(=O)ON1C(=O)CCC1=O. The molecular weight excluding hydrogens is 358 g/mol. The van der Waals surface area contributed by atoms with E-state index in [0.717, 1.165) is 32.1 Å². The number of ether oxygens (including phenoxy) is 1. The molecule has 2 rings (SSSR count). The number of imide groups is 1. The van der Waals surface area contributed by atoms with Gasteiger partial charge in [0.05, 0.1) is 12.2 Å². The van der Waals surface area contributed by atoms with Gasteiger partial charge < -0.3 is 9.57 Å². The zero-order valence-corrected chi connectivity index (χ0v) is 17.5. The number of rotatable bonds is 16. The van der Waals surface area contributed by atoms with Gasteiger partial charge in [-0.15, -0.1) is 5.06 Å². The Balaban J connectivity index is 1.35. The van der Waals surface area contributed by atoms with Crippen LogP contribution >= 0.6 is 0 Å². The third-order valence-electron chi connectivity index (χ3n) is 5.60. The standard InChI is InChI=1S/C22H37NO5/c1-2-3-4-5-7-10-13-18-19(27-18)14-11-8-6-9-12-15-22(26)28-23-20(24)16-17-21(23)25/h18-19H,2-17H2,1H3/t18-,19+/m0/s1. The highest BCUT2D eigenvalue weighted by Gasteiger charge is 2.36. The number of nitrogens with zero attached hydrogens (tertiary/aromatic N) is 1. The molecule has 0 saturated carbocycles. The number of epoxide rings is 1. The van der Waals surface area contributed by atoms with Crippen molar-refractivity contribution < 1.29 is 24.0 Å². The van der Waals surface area contributed by atoms with Gasteiger partial charge in [0.2, 0.25) is 0 Å². The molecule has 2 heterocycles. The van der Waals surface area contributed by atoms with E-state index in [9.17, 15) is 14.4 Å². The third kappa shape index (κ3) is 8.72. The quantitative estimate of drug-likeness (QED) is 0.212. The Morgan fingerprint density at radius 1 is 0.857 bits per heavy atom. The van der Waals surface area contributed by atoms with Gasteiger partial charge in [0.1, 0.15) is 0 Å². The Kier molecular flexibility index (Phi) is 10.5. The van der Waals surface area contributed by atoms with Gasteiger partial charge in [-0.2, -0.15) is 0 Å². The summed E-state index contributed by atoms with van der Waals surface area (Å²) in [6, 6.07) is 0. The molecular formula is C22H37NO5. The zero-order valence-electron chi connectivity index (χ0n) is 17.5. The fourth-order valence-corrected chi connectivity index (χ4v) is 3.76. The number of carbonyl (C=O) groups is 3. The van der Waals surface area contributed by atoms with E-state index in [1.54, 1.807) is 0 Å². The first kappa shape index (κ1) is 22.9. The molecule has 2 atom stereocenters. The van der Waals surface area contributed by atoms with Gasteiger partial charge >= 0.3 is 5.97 Å². The van der Waals surface area contributed by atoms with Crippen LogP contribution in [0.1, 0.15) is 110 Å². The molecule has 6 heteroatoms. The molecule has 0 bridgehead atoms. The maximum Gasteiger partial charge on any atom is 0.333 e. The summed E-state index contributed by atoms with van der Waals surface area (Å²) in [5, 5.41) is 0.625. The summed E-state index contributed by atoms with van der Waals surface area (Å²) in [4.78, 5) is 39.3. The molecule has 0 aromatic rings. The van der Waals surface area contributed by atoms with Crippen molar-refractivity contribution in [2.24, 2.45) is 0 Å². The van der Waals surface area contributed by atoms with Crippen LogP contribution in [0.15, 0.2) is 0 Å². The lowest BCUT2D eigenvalue weighted by Gasteiger charge is -2.12. The second-order valence-electron chi connectivity index (χ2n) is 8.12. The lowest BCUT2D eigenvalue weighted by molar-refractivity contribution is -0.197. The average molecular weight is 396 g/mol. The smallest absolute Gasteiger partial charge is 0.333 e. The molecule has 6 nitrogen and oxygen atoms in total. The minimum Gasteiger partial charge on any atom is -0.370 e. The lowest BCUT2D eigenvalue weighted by atomic mass is 10.0. The lowest BCUT2D eigenvalue weighted by Crippen LogP contribution is -2.31. The van der Waals surface area contributed by atoms with Crippen molar-refractivity contribution in [2.75, 3.05) is 0 Å². The van der Waals surface area contributed by atoms with E-state index >= 15 is 0 Å². The summed E-state index contributed by atoms with van der Waals surface area (Å²) in [7, 11) is 0. The van der Waals surface area contributed by atoms with Crippen LogP contribution in [0.4, 0.5) is 0 Å². The van der Waals surface area contributed by atoms with Gasteiger partial charge in [0, 0.05) is 19.3 Å². The van der Waals surface area contributed by atoms with Crippen molar-refractivity contribution in [3.05, 3.63) is 0 Å². The number of unbranched alkanes of at least 4 members (excludes halogenated alkanes) is 9. The molecule has 0 aromatic carbocycles. The van der Waals surface area contributed by atoms with Gasteiger partial charge in [0.25, 0.3) is 11.8 Å². The molecule has 160 valence electrons. The van der Waals surface area contributed by atoms with Crippen molar-refractivity contribution in [1.82, 2.24) is 5.06 Å². The van der Waals surface area contributed by atoms with E-state index in [2.05, 4.69) is 6.92 Å². The predicted molar refractivity (Wildman–Crippen MR) is 106 cm³/mol. The minimum atomic E-state index is -0.493. The number of hydrogen-bond acceptors (Lipinski definition) is 5. The maximum absolute atomic E-state index is 11.7. The minimum absolute atomic E-state index is 0.136. The van der Waals surface area contributed by atoms with Gasteiger partial charge in [0.15, 0.2) is 0 Å². The third-order valence-corrected chi connectivity index (χ3v) is 5.60. The van der Waals surface area contributed by atoms with E-state index < -0.39 is 17.8 Å². The van der Waals surface area contributed by atoms with Crippen LogP contribution in [-0.4, -0.2) is 35.1 Å². The first-order chi connectivity index (χ1) is 13.6. The van der Waals surface area contributed by atoms with Crippen LogP contribution in [-0.2, 0) is 24.0 Å². The van der Waals surface area contributed by atoms with Gasteiger partial charge in [-0.25, -0.2) is 4.79 Å². The number of hydroxylamine groups is 2. The van der Waals surface area contributed by atoms with E-state index in [0.29, 0.717) is 17.3 Å². The molecule has 0 N–H and O–H groups in total. The summed E-state index contributed by atoms with van der Waals surface area (Å²) in [5.41, 5.74) is 0. The first-order valence-corrected chi connectivity index (χ1v) is 11.3. The summed E-state index contributed by atoms with van der Waals surface area (Å²) in [6.07, 6.45) is 17.1. The van der Waals surface area contributed by atoms with E-state index in [1.165, 1.54) is 51.4 Å².